The van der Waals surface area contributed by atoms with Gasteiger partial charge in [-0.25, -0.2) is 9.18 Å². The van der Waals surface area contributed by atoms with Gasteiger partial charge in [-0.05, 0) is 24.6 Å². The summed E-state index contributed by atoms with van der Waals surface area (Å²) in [7, 11) is 0. The summed E-state index contributed by atoms with van der Waals surface area (Å²) in [5.41, 5.74) is 0.854. The SMILES string of the molecule is C/C=C/NC(=O)NCc1ccc(F)cc1. The van der Waals surface area contributed by atoms with Gasteiger partial charge >= 0.3 is 6.03 Å². The molecule has 3 nitrogen and oxygen atoms in total. The van der Waals surface area contributed by atoms with E-state index in [1.807, 2.05) is 0 Å². The Morgan fingerprint density at radius 2 is 2.07 bits per heavy atom. The van der Waals surface area contributed by atoms with Crippen molar-refractivity contribution in [3.05, 3.63) is 47.9 Å². The van der Waals surface area contributed by atoms with E-state index in [0.717, 1.165) is 5.56 Å². The Morgan fingerprint density at radius 3 is 2.67 bits per heavy atom. The van der Waals surface area contributed by atoms with Gasteiger partial charge in [-0.2, -0.15) is 0 Å². The molecule has 0 saturated heterocycles. The van der Waals surface area contributed by atoms with Gasteiger partial charge in [-0.3, -0.25) is 0 Å². The Morgan fingerprint density at radius 1 is 1.40 bits per heavy atom. The second kappa shape index (κ2) is 5.80. The van der Waals surface area contributed by atoms with E-state index in [2.05, 4.69) is 10.6 Å². The largest absolute Gasteiger partial charge is 0.334 e. The molecule has 1 aromatic carbocycles. The molecule has 0 atom stereocenters. The van der Waals surface area contributed by atoms with Crippen LogP contribution in [-0.4, -0.2) is 6.03 Å². The van der Waals surface area contributed by atoms with Gasteiger partial charge in [0.05, 0.1) is 0 Å². The summed E-state index contributed by atoms with van der Waals surface area (Å²) in [5.74, 6) is -0.280. The molecule has 1 aromatic rings. The van der Waals surface area contributed by atoms with Crippen molar-refractivity contribution in [1.82, 2.24) is 10.6 Å². The summed E-state index contributed by atoms with van der Waals surface area (Å²) in [4.78, 5) is 11.1. The van der Waals surface area contributed by atoms with E-state index in [1.54, 1.807) is 31.3 Å². The smallest absolute Gasteiger partial charge is 0.319 e. The van der Waals surface area contributed by atoms with Crippen molar-refractivity contribution in [3.63, 3.8) is 0 Å². The molecule has 0 spiro atoms. The molecule has 0 unspecified atom stereocenters. The van der Waals surface area contributed by atoms with E-state index in [0.29, 0.717) is 6.54 Å². The fraction of sp³-hybridized carbons (Fsp3) is 0.182. The predicted octanol–water partition coefficient (Wildman–Crippen LogP) is 2.16. The molecule has 0 heterocycles. The van der Waals surface area contributed by atoms with Crippen LogP contribution >= 0.6 is 0 Å². The molecule has 0 fully saturated rings. The van der Waals surface area contributed by atoms with Crippen LogP contribution in [-0.2, 0) is 6.54 Å². The fourth-order valence-electron chi connectivity index (χ4n) is 0.995. The number of carbonyl (C=O) groups excluding carboxylic acids is 1. The van der Waals surface area contributed by atoms with E-state index in [9.17, 15) is 9.18 Å². The molecule has 0 bridgehead atoms. The maximum Gasteiger partial charge on any atom is 0.319 e. The molecule has 0 saturated carbocycles. The summed E-state index contributed by atoms with van der Waals surface area (Å²) >= 11 is 0. The molecule has 4 heteroatoms. The molecule has 0 aromatic heterocycles. The van der Waals surface area contributed by atoms with Gasteiger partial charge < -0.3 is 10.6 Å². The van der Waals surface area contributed by atoms with Crippen LogP contribution in [0.3, 0.4) is 0 Å². The highest BCUT2D eigenvalue weighted by Crippen LogP contribution is 2.01. The molecular weight excluding hydrogens is 195 g/mol. The molecule has 0 aliphatic rings. The normalized spacial score (nSPS) is 10.3. The second-order valence-corrected chi connectivity index (χ2v) is 2.95. The number of hydrogen-bond acceptors (Lipinski definition) is 1. The van der Waals surface area contributed by atoms with E-state index in [4.69, 9.17) is 0 Å². The first-order valence-electron chi connectivity index (χ1n) is 4.62. The highest BCUT2D eigenvalue weighted by molar-refractivity contribution is 5.74. The number of benzene rings is 1. The van der Waals surface area contributed by atoms with Crippen LogP contribution in [0.25, 0.3) is 0 Å². The molecular formula is C11H13FN2O. The van der Waals surface area contributed by atoms with Crippen LogP contribution in [0.2, 0.25) is 0 Å². The minimum Gasteiger partial charge on any atom is -0.334 e. The Kier molecular flexibility index (Phi) is 4.34. The summed E-state index contributed by atoms with van der Waals surface area (Å²) in [6.45, 7) is 2.18. The van der Waals surface area contributed by atoms with Crippen molar-refractivity contribution in [2.45, 2.75) is 13.5 Å². The standard InChI is InChI=1S/C11H13FN2O/c1-2-7-13-11(15)14-8-9-3-5-10(12)6-4-9/h2-7H,8H2,1H3,(H2,13,14,15)/b7-2+. The van der Waals surface area contributed by atoms with Gasteiger partial charge in [0.1, 0.15) is 5.82 Å². The minimum atomic E-state index is -0.280. The third kappa shape index (κ3) is 4.26. The average Bonchev–Trinajstić information content (AvgIpc) is 2.25. The van der Waals surface area contributed by atoms with E-state index in [-0.39, 0.29) is 11.8 Å². The topological polar surface area (TPSA) is 41.1 Å². The summed E-state index contributed by atoms with van der Waals surface area (Å²) < 4.78 is 12.5. The molecule has 0 aliphatic heterocycles. The molecule has 2 N–H and O–H groups in total. The van der Waals surface area contributed by atoms with Gasteiger partial charge in [0, 0.05) is 12.7 Å². The third-order valence-electron chi connectivity index (χ3n) is 1.75. The second-order valence-electron chi connectivity index (χ2n) is 2.95. The first-order valence-corrected chi connectivity index (χ1v) is 4.62. The van der Waals surface area contributed by atoms with Crippen molar-refractivity contribution < 1.29 is 9.18 Å². The zero-order chi connectivity index (χ0) is 11.1. The summed E-state index contributed by atoms with van der Waals surface area (Å²) in [6.07, 6.45) is 3.26. The lowest BCUT2D eigenvalue weighted by Crippen LogP contribution is -2.31. The molecule has 2 amide bonds. The lowest BCUT2D eigenvalue weighted by molar-refractivity contribution is 0.243. The number of allylic oxidation sites excluding steroid dienone is 1. The van der Waals surface area contributed by atoms with E-state index >= 15 is 0 Å². The quantitative estimate of drug-likeness (QED) is 0.785. The number of carbonyl (C=O) groups is 1. The van der Waals surface area contributed by atoms with Gasteiger partial charge in [0.25, 0.3) is 0 Å². The lowest BCUT2D eigenvalue weighted by atomic mass is 10.2. The molecule has 80 valence electrons. The van der Waals surface area contributed by atoms with Crippen LogP contribution in [0, 0.1) is 5.82 Å². The Balaban J connectivity index is 2.37. The van der Waals surface area contributed by atoms with Crippen molar-refractivity contribution >= 4 is 6.03 Å². The van der Waals surface area contributed by atoms with Crippen LogP contribution in [0.4, 0.5) is 9.18 Å². The van der Waals surface area contributed by atoms with Crippen LogP contribution in [0.5, 0.6) is 0 Å². The van der Waals surface area contributed by atoms with Crippen LogP contribution in [0.15, 0.2) is 36.5 Å². The number of urea groups is 1. The maximum absolute atomic E-state index is 12.5. The molecule has 0 radical (unpaired) electrons. The van der Waals surface area contributed by atoms with Gasteiger partial charge in [0.2, 0.25) is 0 Å². The van der Waals surface area contributed by atoms with E-state index in [1.165, 1.54) is 12.1 Å². The zero-order valence-corrected chi connectivity index (χ0v) is 8.46. The molecule has 1 rings (SSSR count). The third-order valence-corrected chi connectivity index (χ3v) is 1.75. The van der Waals surface area contributed by atoms with Crippen LogP contribution in [0.1, 0.15) is 12.5 Å². The van der Waals surface area contributed by atoms with Gasteiger partial charge in [-0.1, -0.05) is 18.2 Å². The average molecular weight is 208 g/mol. The Hall–Kier alpha value is -1.84. The number of hydrogen-bond donors (Lipinski definition) is 2. The summed E-state index contributed by atoms with van der Waals surface area (Å²) in [6, 6.07) is 5.70. The van der Waals surface area contributed by atoms with Crippen molar-refractivity contribution in [1.29, 1.82) is 0 Å². The van der Waals surface area contributed by atoms with E-state index < -0.39 is 0 Å². The Bertz CT molecular complexity index is 346. The number of nitrogens with one attached hydrogen (secondary N) is 2. The molecule has 15 heavy (non-hydrogen) atoms. The molecule has 0 aliphatic carbocycles. The maximum atomic E-state index is 12.5. The monoisotopic (exact) mass is 208 g/mol. The highest BCUT2D eigenvalue weighted by atomic mass is 19.1. The number of halogens is 1. The van der Waals surface area contributed by atoms with Crippen molar-refractivity contribution in [2.24, 2.45) is 0 Å². The highest BCUT2D eigenvalue weighted by Gasteiger charge is 1.97. The number of amides is 2. The number of rotatable bonds is 3. The fourth-order valence-corrected chi connectivity index (χ4v) is 0.995. The zero-order valence-electron chi connectivity index (χ0n) is 8.46. The lowest BCUT2D eigenvalue weighted by Gasteiger charge is -2.04. The van der Waals surface area contributed by atoms with Gasteiger partial charge in [0.15, 0.2) is 0 Å². The predicted molar refractivity (Wildman–Crippen MR) is 56.6 cm³/mol. The first-order chi connectivity index (χ1) is 7.22. The first kappa shape index (κ1) is 11.2. The van der Waals surface area contributed by atoms with Crippen molar-refractivity contribution in [2.75, 3.05) is 0 Å². The summed E-state index contributed by atoms with van der Waals surface area (Å²) in [5, 5.41) is 5.14. The van der Waals surface area contributed by atoms with Crippen LogP contribution < -0.4 is 10.6 Å². The van der Waals surface area contributed by atoms with Crippen molar-refractivity contribution in [3.8, 4) is 0 Å². The Labute approximate surface area is 88.0 Å². The minimum absolute atomic E-state index is 0.280. The van der Waals surface area contributed by atoms with Gasteiger partial charge in [-0.15, -0.1) is 0 Å².